The molecule has 1 aliphatic rings. The van der Waals surface area contributed by atoms with Gasteiger partial charge in [-0.15, -0.1) is 0 Å². The number of nitrogens with one attached hydrogen (secondary N) is 1. The number of hydrogen-bond acceptors (Lipinski definition) is 3. The number of amides is 1. The van der Waals surface area contributed by atoms with Crippen molar-refractivity contribution in [3.05, 3.63) is 35.9 Å². The van der Waals surface area contributed by atoms with Crippen molar-refractivity contribution in [3.63, 3.8) is 0 Å². The third-order valence-electron chi connectivity index (χ3n) is 3.87. The first-order valence-electron chi connectivity index (χ1n) is 7.24. The average molecular weight is 276 g/mol. The van der Waals surface area contributed by atoms with Crippen molar-refractivity contribution in [2.24, 2.45) is 0 Å². The molecule has 2 rings (SSSR count). The highest BCUT2D eigenvalue weighted by atomic mass is 16.5. The van der Waals surface area contributed by atoms with Crippen LogP contribution in [0.2, 0.25) is 0 Å². The Balaban J connectivity index is 1.94. The Hall–Kier alpha value is -1.39. The van der Waals surface area contributed by atoms with E-state index in [1.54, 1.807) is 7.11 Å². The lowest BCUT2D eigenvalue weighted by Gasteiger charge is -2.22. The summed E-state index contributed by atoms with van der Waals surface area (Å²) in [5.41, 5.74) is 0.895. The van der Waals surface area contributed by atoms with Gasteiger partial charge in [0.2, 0.25) is 0 Å². The monoisotopic (exact) mass is 276 g/mol. The van der Waals surface area contributed by atoms with E-state index in [1.807, 2.05) is 30.3 Å². The first-order valence-corrected chi connectivity index (χ1v) is 7.24. The number of benzene rings is 1. The Bertz CT molecular complexity index is 433. The minimum Gasteiger partial charge on any atom is -0.367 e. The first-order chi connectivity index (χ1) is 9.61. The fraction of sp³-hybridized carbons (Fsp3) is 0.562. The number of rotatable bonds is 5. The third kappa shape index (κ3) is 3.58. The van der Waals surface area contributed by atoms with Gasteiger partial charge in [-0.25, -0.2) is 0 Å². The summed E-state index contributed by atoms with van der Waals surface area (Å²) < 4.78 is 5.36. The Morgan fingerprint density at radius 2 is 2.05 bits per heavy atom. The SMILES string of the molecule is COC(C(=O)NC1CCN(C(C)C)C1)c1ccccc1. The molecule has 2 atom stereocenters. The summed E-state index contributed by atoms with van der Waals surface area (Å²) in [5, 5.41) is 3.11. The van der Waals surface area contributed by atoms with Crippen LogP contribution in [-0.2, 0) is 9.53 Å². The van der Waals surface area contributed by atoms with Crippen molar-refractivity contribution in [2.45, 2.75) is 38.5 Å². The lowest BCUT2D eigenvalue weighted by Crippen LogP contribution is -2.41. The summed E-state index contributed by atoms with van der Waals surface area (Å²) in [6.45, 7) is 6.35. The molecule has 0 saturated carbocycles. The van der Waals surface area contributed by atoms with E-state index in [-0.39, 0.29) is 11.9 Å². The molecule has 0 bridgehead atoms. The molecule has 4 nitrogen and oxygen atoms in total. The van der Waals surface area contributed by atoms with Gasteiger partial charge >= 0.3 is 0 Å². The van der Waals surface area contributed by atoms with Crippen LogP contribution in [0.4, 0.5) is 0 Å². The normalized spacial score (nSPS) is 21.1. The summed E-state index contributed by atoms with van der Waals surface area (Å²) in [7, 11) is 1.58. The largest absolute Gasteiger partial charge is 0.367 e. The smallest absolute Gasteiger partial charge is 0.254 e. The van der Waals surface area contributed by atoms with Crippen molar-refractivity contribution in [1.29, 1.82) is 0 Å². The quantitative estimate of drug-likeness (QED) is 0.894. The average Bonchev–Trinajstić information content (AvgIpc) is 2.89. The minimum atomic E-state index is -0.524. The number of hydrogen-bond donors (Lipinski definition) is 1. The van der Waals surface area contributed by atoms with E-state index in [0.29, 0.717) is 6.04 Å². The number of carbonyl (C=O) groups is 1. The lowest BCUT2D eigenvalue weighted by molar-refractivity contribution is -0.132. The van der Waals surface area contributed by atoms with Crippen LogP contribution in [0.1, 0.15) is 31.9 Å². The van der Waals surface area contributed by atoms with Crippen LogP contribution >= 0.6 is 0 Å². The van der Waals surface area contributed by atoms with Crippen LogP contribution in [0, 0.1) is 0 Å². The molecule has 2 unspecified atom stereocenters. The molecule has 1 fully saturated rings. The highest BCUT2D eigenvalue weighted by Crippen LogP contribution is 2.18. The topological polar surface area (TPSA) is 41.6 Å². The molecule has 1 saturated heterocycles. The highest BCUT2D eigenvalue weighted by Gasteiger charge is 2.28. The summed E-state index contributed by atoms with van der Waals surface area (Å²) in [6, 6.07) is 10.4. The van der Waals surface area contributed by atoms with Gasteiger partial charge in [-0.1, -0.05) is 30.3 Å². The maximum absolute atomic E-state index is 12.4. The van der Waals surface area contributed by atoms with E-state index >= 15 is 0 Å². The molecule has 110 valence electrons. The predicted molar refractivity (Wildman–Crippen MR) is 79.4 cm³/mol. The number of likely N-dealkylation sites (tertiary alicyclic amines) is 1. The second-order valence-corrected chi connectivity index (χ2v) is 5.61. The van der Waals surface area contributed by atoms with Crippen molar-refractivity contribution in [1.82, 2.24) is 10.2 Å². The molecule has 0 aromatic heterocycles. The van der Waals surface area contributed by atoms with Gasteiger partial charge in [0.25, 0.3) is 5.91 Å². The number of nitrogens with zero attached hydrogens (tertiary/aromatic N) is 1. The zero-order valence-electron chi connectivity index (χ0n) is 12.5. The Kier molecular flexibility index (Phi) is 5.15. The van der Waals surface area contributed by atoms with Gasteiger partial charge in [0.1, 0.15) is 0 Å². The van der Waals surface area contributed by atoms with Crippen LogP contribution < -0.4 is 5.32 Å². The van der Waals surface area contributed by atoms with E-state index < -0.39 is 6.10 Å². The molecule has 1 N–H and O–H groups in total. The highest BCUT2D eigenvalue weighted by molar-refractivity contribution is 5.82. The van der Waals surface area contributed by atoms with Crippen molar-refractivity contribution in [3.8, 4) is 0 Å². The molecule has 1 heterocycles. The number of methoxy groups -OCH3 is 1. The Morgan fingerprint density at radius 1 is 1.35 bits per heavy atom. The van der Waals surface area contributed by atoms with Gasteiger partial charge in [0.15, 0.2) is 6.10 Å². The second kappa shape index (κ2) is 6.86. The molecule has 1 aliphatic heterocycles. The minimum absolute atomic E-state index is 0.0469. The Labute approximate surface area is 121 Å². The van der Waals surface area contributed by atoms with Crippen molar-refractivity contribution in [2.75, 3.05) is 20.2 Å². The van der Waals surface area contributed by atoms with E-state index in [9.17, 15) is 4.79 Å². The van der Waals surface area contributed by atoms with Gasteiger partial charge in [-0.3, -0.25) is 9.69 Å². The number of ether oxygens (including phenoxy) is 1. The van der Waals surface area contributed by atoms with Crippen LogP contribution in [0.5, 0.6) is 0 Å². The second-order valence-electron chi connectivity index (χ2n) is 5.61. The standard InChI is InChI=1S/C16H24N2O2/c1-12(2)18-10-9-14(11-18)17-16(19)15(20-3)13-7-5-4-6-8-13/h4-8,12,14-15H,9-11H2,1-3H3,(H,17,19). The van der Waals surface area contributed by atoms with Crippen LogP contribution in [-0.4, -0.2) is 43.1 Å². The Morgan fingerprint density at radius 3 is 2.60 bits per heavy atom. The maximum atomic E-state index is 12.4. The molecule has 4 heteroatoms. The van der Waals surface area contributed by atoms with E-state index in [4.69, 9.17) is 4.74 Å². The molecular weight excluding hydrogens is 252 g/mol. The summed E-state index contributed by atoms with van der Waals surface area (Å²) in [6.07, 6.45) is 0.485. The molecular formula is C16H24N2O2. The predicted octanol–water partition coefficient (Wildman–Crippen LogP) is 1.97. The summed E-state index contributed by atoms with van der Waals surface area (Å²) >= 11 is 0. The molecule has 0 spiro atoms. The molecule has 1 aromatic rings. The van der Waals surface area contributed by atoms with Crippen molar-refractivity contribution >= 4 is 5.91 Å². The van der Waals surface area contributed by atoms with E-state index in [0.717, 1.165) is 25.1 Å². The zero-order valence-corrected chi connectivity index (χ0v) is 12.5. The zero-order chi connectivity index (χ0) is 14.5. The van der Waals surface area contributed by atoms with Gasteiger partial charge in [0.05, 0.1) is 0 Å². The summed E-state index contributed by atoms with van der Waals surface area (Å²) in [4.78, 5) is 14.7. The molecule has 1 amide bonds. The molecule has 20 heavy (non-hydrogen) atoms. The summed E-state index contributed by atoms with van der Waals surface area (Å²) in [5.74, 6) is -0.0469. The first kappa shape index (κ1) is 15.0. The van der Waals surface area contributed by atoms with Gasteiger partial charge in [0, 0.05) is 32.3 Å². The fourth-order valence-corrected chi connectivity index (χ4v) is 2.67. The maximum Gasteiger partial charge on any atom is 0.254 e. The third-order valence-corrected chi connectivity index (χ3v) is 3.87. The van der Waals surface area contributed by atoms with Gasteiger partial charge in [-0.05, 0) is 25.8 Å². The van der Waals surface area contributed by atoms with Gasteiger partial charge in [-0.2, -0.15) is 0 Å². The lowest BCUT2D eigenvalue weighted by atomic mass is 10.1. The van der Waals surface area contributed by atoms with E-state index in [1.165, 1.54) is 0 Å². The van der Waals surface area contributed by atoms with Crippen LogP contribution in [0.3, 0.4) is 0 Å². The fourth-order valence-electron chi connectivity index (χ4n) is 2.67. The van der Waals surface area contributed by atoms with Crippen molar-refractivity contribution < 1.29 is 9.53 Å². The van der Waals surface area contributed by atoms with Crippen LogP contribution in [0.25, 0.3) is 0 Å². The molecule has 0 radical (unpaired) electrons. The van der Waals surface area contributed by atoms with E-state index in [2.05, 4.69) is 24.1 Å². The number of carbonyl (C=O) groups excluding carboxylic acids is 1. The van der Waals surface area contributed by atoms with Gasteiger partial charge < -0.3 is 10.1 Å². The molecule has 0 aliphatic carbocycles. The molecule has 1 aromatic carbocycles. The van der Waals surface area contributed by atoms with Crippen LogP contribution in [0.15, 0.2) is 30.3 Å².